The molecule has 0 aliphatic carbocycles. The number of amides is 7. The van der Waals surface area contributed by atoms with Crippen LogP contribution in [0, 0.1) is 0 Å². The van der Waals surface area contributed by atoms with Crippen LogP contribution in [0.25, 0.3) is 0 Å². The number of aliphatic hydroxyl groups is 10. The van der Waals surface area contributed by atoms with E-state index >= 15 is 0 Å². The molecule has 5 aliphatic heterocycles. The monoisotopic (exact) mass is 1820 g/mol. The van der Waals surface area contributed by atoms with E-state index in [4.69, 9.17) is 60.9 Å². The maximum absolute atomic E-state index is 14.4. The number of rotatable bonds is 62. The number of carbonyl (C=O) groups is 11. The minimum absolute atomic E-state index is 0.00355. The zero-order valence-corrected chi connectivity index (χ0v) is 73.4. The average molecular weight is 1820 g/mol. The van der Waals surface area contributed by atoms with Crippen LogP contribution in [-0.2, 0) is 118 Å². The van der Waals surface area contributed by atoms with Crippen LogP contribution in [-0.4, -0.2) is 382 Å². The molecular weight excluding hydrogens is 1690 g/mol. The van der Waals surface area contributed by atoms with E-state index in [0.29, 0.717) is 44.9 Å². The van der Waals surface area contributed by atoms with Crippen molar-refractivity contribution < 1.29 is 179 Å². The summed E-state index contributed by atoms with van der Waals surface area (Å²) in [7, 11) is -7.97. The van der Waals surface area contributed by atoms with Gasteiger partial charge in [0.1, 0.15) is 108 Å². The van der Waals surface area contributed by atoms with Crippen molar-refractivity contribution in [3.63, 3.8) is 0 Å². The van der Waals surface area contributed by atoms with Gasteiger partial charge in [-0.05, 0) is 58.2 Å². The zero-order valence-electron chi connectivity index (χ0n) is 71.6. The number of nitrogens with one attached hydrogen (secondary N) is 6. The summed E-state index contributed by atoms with van der Waals surface area (Å²) < 4.78 is 87.4. The van der Waals surface area contributed by atoms with E-state index < -0.39 is 243 Å². The molecule has 46 heteroatoms. The first-order valence-corrected chi connectivity index (χ1v) is 45.7. The Balaban J connectivity index is 1.22. The van der Waals surface area contributed by atoms with Gasteiger partial charge in [-0.2, -0.15) is 0 Å². The highest BCUT2D eigenvalue weighted by molar-refractivity contribution is 7.58. The van der Waals surface area contributed by atoms with Crippen LogP contribution in [0.3, 0.4) is 0 Å². The molecule has 5 fully saturated rings. The molecule has 5 heterocycles. The van der Waals surface area contributed by atoms with Crippen LogP contribution in [0.1, 0.15) is 176 Å². The Labute approximate surface area is 721 Å². The summed E-state index contributed by atoms with van der Waals surface area (Å²) in [5.41, 5.74) is -2.38. The molecule has 0 saturated carbocycles. The molecule has 0 aromatic heterocycles. The maximum atomic E-state index is 14.4. The summed E-state index contributed by atoms with van der Waals surface area (Å²) in [6.07, 6.45) is -14.7. The van der Waals surface area contributed by atoms with Crippen molar-refractivity contribution in [2.24, 2.45) is 0 Å². The van der Waals surface area contributed by atoms with Crippen molar-refractivity contribution in [2.45, 2.75) is 310 Å². The smallest absolute Gasteiger partial charge is 0.330 e. The molecule has 23 atom stereocenters. The van der Waals surface area contributed by atoms with Gasteiger partial charge in [-0.1, -0.05) is 20.3 Å². The Kier molecular flexibility index (Phi) is 49.4. The molecule has 5 aliphatic rings. The van der Waals surface area contributed by atoms with Gasteiger partial charge in [0.15, 0.2) is 18.9 Å². The number of hydrogen-bond donors (Lipinski definition) is 18. The molecule has 0 radical (unpaired) electrons. The second-order valence-corrected chi connectivity index (χ2v) is 36.2. The number of aliphatic hydroxyl groups excluding tert-OH is 10. The molecule has 7 amide bonds. The fourth-order valence-corrected chi connectivity index (χ4v) is 15.9. The van der Waals surface area contributed by atoms with Gasteiger partial charge in [0.2, 0.25) is 48.9 Å². The van der Waals surface area contributed by atoms with Crippen molar-refractivity contribution in [3.05, 3.63) is 0 Å². The topological polar surface area (TPSA) is 643 Å². The van der Waals surface area contributed by atoms with Crippen LogP contribution in [0.15, 0.2) is 0 Å². The standard InChI is InChI=1S/C78H135N7O37P2/c1-46(2)124(108,109)117-42-61-57(35-47(3)118-61)122-123(7,107)116-41-51-36-56(96)37-85(51)65(100)20-19-64(99)84-78(43-110-29-21-52(92)15-9-8-10-16-54(94)23-32-113-75-66(81-48(4)89)72(104)69(101)58(38-86)119-75,44-111-30-22-53(93)17-11-13-28-80-63(98)26-34-115-77-68(83-50(6)91)74(106)71(103)60(40-88)121-77)45-112-31-25-62(97)79-27-14-12-18-55(95)24-33-114-76-67(82-49(5)90)73(105)70(102)59(39-87)120-76/h46-47,51,56-61,66-77,86-88,96,101-107H,7-45H2,1-6H3,(H,79,97)(H,80,98)(H,81,89)(H,82,90)(H,83,91)(H,84,99)(H,108,109)/t47-,51-,56+,57-,58?,59?,60?,61+,66?,67?,68?,69-,70-,71-,72+,73+,74+,75+,76+,77+,78?,123?/m0/s1. The predicted octanol–water partition coefficient (Wildman–Crippen LogP) is -3.97. The number of Topliss-reactive ketones (excluding diaryl/α,β-unsaturated/α-hetero) is 4. The first-order chi connectivity index (χ1) is 58.7. The Bertz CT molecular complexity index is 3190. The molecule has 0 aromatic carbocycles. The third-order valence-electron chi connectivity index (χ3n) is 21.1. The van der Waals surface area contributed by atoms with Crippen LogP contribution in [0.4, 0.5) is 0 Å². The lowest BCUT2D eigenvalue weighted by Crippen LogP contribution is -2.64. The van der Waals surface area contributed by atoms with Gasteiger partial charge < -0.3 is 159 Å². The first kappa shape index (κ1) is 109. The first-order valence-electron chi connectivity index (χ1n) is 42.3. The summed E-state index contributed by atoms with van der Waals surface area (Å²) in [6.45, 7) is 3.23. The normalized spacial score (nSPS) is 28.5. The molecular formula is C78H135N7O37P2. The second-order valence-electron chi connectivity index (χ2n) is 32.1. The number of ketones is 4. The maximum Gasteiger partial charge on any atom is 0.330 e. The van der Waals surface area contributed by atoms with Crippen molar-refractivity contribution in [1.82, 2.24) is 36.8 Å². The molecule has 0 aromatic rings. The number of hydrogen-bond acceptors (Lipinski definition) is 36. The largest absolute Gasteiger partial charge is 0.394 e. The summed E-state index contributed by atoms with van der Waals surface area (Å²) in [4.78, 5) is 165. The number of β-amino-alcohol motifs (C(OH)–C–C–N with tert-alkyl or cyclic N) is 1. The minimum Gasteiger partial charge on any atom is -0.394 e. The zero-order chi connectivity index (χ0) is 91.9. The van der Waals surface area contributed by atoms with Gasteiger partial charge in [-0.15, -0.1) is 0 Å². The lowest BCUT2D eigenvalue weighted by molar-refractivity contribution is -0.270. The van der Waals surface area contributed by atoms with Gasteiger partial charge in [-0.25, -0.2) is 0 Å². The summed E-state index contributed by atoms with van der Waals surface area (Å²) >= 11 is 0. The second kappa shape index (κ2) is 56.2. The van der Waals surface area contributed by atoms with E-state index in [-0.39, 0.29) is 173 Å². The van der Waals surface area contributed by atoms with Gasteiger partial charge in [0.05, 0.1) is 129 Å². The van der Waals surface area contributed by atoms with Crippen LogP contribution >= 0.6 is 15.2 Å². The van der Waals surface area contributed by atoms with E-state index in [0.717, 1.165) is 0 Å². The summed E-state index contributed by atoms with van der Waals surface area (Å²) in [6, 6.07) is -4.44. The van der Waals surface area contributed by atoms with E-state index in [1.807, 2.05) is 0 Å². The van der Waals surface area contributed by atoms with Crippen LogP contribution < -0.4 is 31.9 Å². The lowest BCUT2D eigenvalue weighted by atomic mass is 9.97. The highest BCUT2D eigenvalue weighted by Gasteiger charge is 2.49. The van der Waals surface area contributed by atoms with Gasteiger partial charge in [-0.3, -0.25) is 57.3 Å². The van der Waals surface area contributed by atoms with Crippen LogP contribution in [0.5, 0.6) is 0 Å². The highest BCUT2D eigenvalue weighted by Crippen LogP contribution is 2.50. The number of ether oxygens (including phenoxy) is 10. The number of nitrogens with zero attached hydrogens (tertiary/aromatic N) is 1. The predicted molar refractivity (Wildman–Crippen MR) is 434 cm³/mol. The Morgan fingerprint density at radius 1 is 0.468 bits per heavy atom. The van der Waals surface area contributed by atoms with Gasteiger partial charge in [0, 0.05) is 117 Å². The van der Waals surface area contributed by atoms with E-state index in [2.05, 4.69) is 38.2 Å². The average Bonchev–Trinajstić information content (AvgIpc) is 1.12. The lowest BCUT2D eigenvalue weighted by Gasteiger charge is -2.42. The quantitative estimate of drug-likeness (QED) is 0.0204. The molecule has 18 N–H and O–H groups in total. The van der Waals surface area contributed by atoms with Gasteiger partial charge in [0.25, 0.3) is 0 Å². The summed E-state index contributed by atoms with van der Waals surface area (Å²) in [5.74, 6) is -4.79. The Morgan fingerprint density at radius 2 is 0.855 bits per heavy atom. The van der Waals surface area contributed by atoms with Crippen molar-refractivity contribution in [2.75, 3.05) is 112 Å². The molecule has 9 unspecified atom stereocenters. The number of likely N-dealkylation sites (tertiary alicyclic amines) is 1. The fraction of sp³-hybridized carbons (Fsp3) is 0.846. The van der Waals surface area contributed by atoms with E-state index in [9.17, 15) is 118 Å². The molecule has 5 saturated heterocycles. The molecule has 44 nitrogen and oxygen atoms in total. The highest BCUT2D eigenvalue weighted by atomic mass is 31.2. The molecule has 124 heavy (non-hydrogen) atoms. The van der Waals surface area contributed by atoms with Crippen molar-refractivity contribution in [3.8, 4) is 0 Å². The minimum atomic E-state index is -4.01. The SMILES string of the molecule is C=P(O)(OC[C@@H]1C[C@@H](O)CN1C(=O)CCC(=O)NC(COCCC(=O)CCCCCC(=O)CCO[C@@H]1OC(CO)[C@H](O)[C@H](O)C1NC(C)=O)(COCCC(=O)CCCCNC(=O)CCO[C@@H]1OC(CO)[C@H](O)[C@H](O)C1NC(C)=O)COCCC(=O)NCCCCC(=O)CCO[C@@H]1OC(CO)[C@H](O)[C@H](O)C1NC(C)=O)O[C@H]1C[C@H](C)O[C@@H]1COP(=O)(O)C(C)C. The Hall–Kier alpha value is -5.50. The third-order valence-corrected chi connectivity index (χ3v) is 24.1. The molecule has 0 bridgehead atoms. The molecule has 714 valence electrons. The summed E-state index contributed by atoms with van der Waals surface area (Å²) in [5, 5.41) is 118. The van der Waals surface area contributed by atoms with Crippen molar-refractivity contribution in [1.29, 1.82) is 0 Å². The van der Waals surface area contributed by atoms with Gasteiger partial charge >= 0.3 is 7.60 Å². The molecule has 0 spiro atoms. The van der Waals surface area contributed by atoms with Crippen LogP contribution in [0.2, 0.25) is 0 Å². The Morgan fingerprint density at radius 3 is 1.26 bits per heavy atom. The van der Waals surface area contributed by atoms with E-state index in [1.54, 1.807) is 6.92 Å². The third kappa shape index (κ3) is 39.0. The number of carbonyl (C=O) groups excluding carboxylic acids is 11. The van der Waals surface area contributed by atoms with E-state index in [1.165, 1.54) is 39.5 Å². The van der Waals surface area contributed by atoms with Crippen molar-refractivity contribution >= 4 is 85.9 Å². The molecule has 5 rings (SSSR count). The number of unbranched alkanes of at least 4 members (excludes halogenated alkanes) is 4. The fourth-order valence-electron chi connectivity index (χ4n) is 14.1.